The molecule has 0 spiro atoms. The fourth-order valence-corrected chi connectivity index (χ4v) is 5.77. The van der Waals surface area contributed by atoms with Crippen LogP contribution in [0.25, 0.3) is 0 Å². The summed E-state index contributed by atoms with van der Waals surface area (Å²) in [5, 5.41) is 19.5. The monoisotopic (exact) mass is 392 g/mol. The molecule has 0 atom stereocenters. The molecule has 0 aliphatic rings. The molecule has 2 heterocycles. The third-order valence-electron chi connectivity index (χ3n) is 2.17. The van der Waals surface area contributed by atoms with E-state index in [2.05, 4.69) is 20.7 Å². The second-order valence-corrected chi connectivity index (χ2v) is 8.37. The molecule has 0 amide bonds. The fraction of sp³-hybridized carbons (Fsp3) is 0. The topological polar surface area (TPSA) is 107 Å². The number of rotatable bonds is 4. The van der Waals surface area contributed by atoms with E-state index in [9.17, 15) is 13.2 Å². The molecule has 2 aromatic rings. The number of nitrogens with zero attached hydrogens (tertiary/aromatic N) is 1. The van der Waals surface area contributed by atoms with Gasteiger partial charge in [-0.05, 0) is 33.4 Å². The van der Waals surface area contributed by atoms with Crippen molar-refractivity contribution in [2.45, 2.75) is 4.90 Å². The van der Waals surface area contributed by atoms with Crippen molar-refractivity contribution in [2.24, 2.45) is 0 Å². The Morgan fingerprint density at radius 1 is 1.50 bits per heavy atom. The average molecular weight is 393 g/mol. The molecule has 0 aromatic carbocycles. The van der Waals surface area contributed by atoms with E-state index in [1.54, 1.807) is 5.38 Å². The van der Waals surface area contributed by atoms with Crippen molar-refractivity contribution in [1.82, 2.24) is 0 Å². The SMILES string of the molecule is N#Cc1ccsc1NS(=O)(=O)c1cc(C(=O)O)sc1Br. The molecule has 2 aromatic heterocycles. The number of carboxylic acids is 1. The van der Waals surface area contributed by atoms with E-state index in [0.717, 1.165) is 28.7 Å². The van der Waals surface area contributed by atoms with Gasteiger partial charge in [0.25, 0.3) is 10.0 Å². The lowest BCUT2D eigenvalue weighted by Crippen LogP contribution is -2.12. The highest BCUT2D eigenvalue weighted by atomic mass is 79.9. The van der Waals surface area contributed by atoms with E-state index in [1.807, 2.05) is 6.07 Å². The summed E-state index contributed by atoms with van der Waals surface area (Å²) in [5.74, 6) is -1.20. The van der Waals surface area contributed by atoms with E-state index < -0.39 is 16.0 Å². The molecule has 6 nitrogen and oxygen atoms in total. The number of halogens is 1. The third kappa shape index (κ3) is 2.85. The molecule has 2 rings (SSSR count). The highest BCUT2D eigenvalue weighted by Crippen LogP contribution is 2.34. The summed E-state index contributed by atoms with van der Waals surface area (Å²) in [5.41, 5.74) is 0.211. The second-order valence-electron chi connectivity index (χ2n) is 3.43. The van der Waals surface area contributed by atoms with E-state index in [1.165, 1.54) is 6.07 Å². The van der Waals surface area contributed by atoms with Crippen molar-refractivity contribution >= 4 is 59.6 Å². The Labute approximate surface area is 130 Å². The smallest absolute Gasteiger partial charge is 0.345 e. The quantitative estimate of drug-likeness (QED) is 0.831. The minimum absolute atomic E-state index is 0.0936. The standard InChI is InChI=1S/C10H5BrN2O4S3/c11-8-7(3-6(19-8)10(14)15)20(16,17)13-9-5(4-12)1-2-18-9/h1-3,13H,(H,14,15). The van der Waals surface area contributed by atoms with Crippen LogP contribution in [-0.4, -0.2) is 19.5 Å². The molecule has 0 radical (unpaired) electrons. The molecule has 0 aliphatic carbocycles. The number of sulfonamides is 1. The van der Waals surface area contributed by atoms with E-state index in [-0.39, 0.29) is 24.1 Å². The number of hydrogen-bond donors (Lipinski definition) is 2. The maximum atomic E-state index is 12.2. The lowest BCUT2D eigenvalue weighted by molar-refractivity contribution is 0.0702. The fourth-order valence-electron chi connectivity index (χ4n) is 1.29. The maximum Gasteiger partial charge on any atom is 0.345 e. The molecule has 20 heavy (non-hydrogen) atoms. The third-order valence-corrected chi connectivity index (χ3v) is 6.72. The molecule has 0 aliphatic heterocycles. The minimum atomic E-state index is -3.95. The van der Waals surface area contributed by atoms with Gasteiger partial charge in [-0.2, -0.15) is 5.26 Å². The van der Waals surface area contributed by atoms with Crippen LogP contribution in [0.5, 0.6) is 0 Å². The molecular formula is C10H5BrN2O4S3. The maximum absolute atomic E-state index is 12.2. The predicted molar refractivity (Wildman–Crippen MR) is 78.8 cm³/mol. The number of aromatic carboxylic acids is 1. The lowest BCUT2D eigenvalue weighted by Gasteiger charge is -2.04. The van der Waals surface area contributed by atoms with Crippen LogP contribution in [0, 0.1) is 11.3 Å². The summed E-state index contributed by atoms with van der Waals surface area (Å²) in [6.07, 6.45) is 0. The highest BCUT2D eigenvalue weighted by Gasteiger charge is 2.24. The zero-order chi connectivity index (χ0) is 14.9. The van der Waals surface area contributed by atoms with Gasteiger partial charge in [0.15, 0.2) is 0 Å². The zero-order valence-corrected chi connectivity index (χ0v) is 13.5. The summed E-state index contributed by atoms with van der Waals surface area (Å²) in [6.45, 7) is 0. The summed E-state index contributed by atoms with van der Waals surface area (Å²) in [7, 11) is -3.95. The van der Waals surface area contributed by atoms with Gasteiger partial charge < -0.3 is 5.11 Å². The average Bonchev–Trinajstić information content (AvgIpc) is 2.95. The Bertz CT molecular complexity index is 816. The van der Waals surface area contributed by atoms with Gasteiger partial charge in [0.1, 0.15) is 20.8 Å². The van der Waals surface area contributed by atoms with Crippen molar-refractivity contribution < 1.29 is 18.3 Å². The largest absolute Gasteiger partial charge is 0.477 e. The van der Waals surface area contributed by atoms with Gasteiger partial charge in [0, 0.05) is 0 Å². The molecule has 104 valence electrons. The Morgan fingerprint density at radius 3 is 2.75 bits per heavy atom. The van der Waals surface area contributed by atoms with Crippen molar-refractivity contribution in [3.05, 3.63) is 31.7 Å². The zero-order valence-electron chi connectivity index (χ0n) is 9.45. The molecular weight excluding hydrogens is 388 g/mol. The van der Waals surface area contributed by atoms with Crippen LogP contribution in [0.1, 0.15) is 15.2 Å². The molecule has 0 saturated heterocycles. The number of nitriles is 1. The van der Waals surface area contributed by atoms with Crippen LogP contribution in [0.2, 0.25) is 0 Å². The number of thiophene rings is 2. The summed E-state index contributed by atoms with van der Waals surface area (Å²) >= 11 is 4.92. The van der Waals surface area contributed by atoms with Crippen molar-refractivity contribution in [2.75, 3.05) is 4.72 Å². The first-order chi connectivity index (χ1) is 9.35. The Morgan fingerprint density at radius 2 is 2.20 bits per heavy atom. The Balaban J connectivity index is 2.41. The van der Waals surface area contributed by atoms with E-state index in [0.29, 0.717) is 0 Å². The first kappa shape index (κ1) is 15.0. The van der Waals surface area contributed by atoms with Gasteiger partial charge in [-0.25, -0.2) is 13.2 Å². The second kappa shape index (κ2) is 5.53. The summed E-state index contributed by atoms with van der Waals surface area (Å²) in [4.78, 5) is 10.6. The molecule has 0 fully saturated rings. The van der Waals surface area contributed by atoms with Crippen molar-refractivity contribution in [3.8, 4) is 6.07 Å². The molecule has 0 unspecified atom stereocenters. The predicted octanol–water partition coefficient (Wildman–Crippen LogP) is 2.94. The normalized spacial score (nSPS) is 11.0. The summed E-state index contributed by atoms with van der Waals surface area (Å²) < 4.78 is 26.9. The van der Waals surface area contributed by atoms with E-state index >= 15 is 0 Å². The minimum Gasteiger partial charge on any atom is -0.477 e. The number of anilines is 1. The summed E-state index contributed by atoms with van der Waals surface area (Å²) in [6, 6.07) is 4.43. The van der Waals surface area contributed by atoms with Crippen molar-refractivity contribution in [1.29, 1.82) is 5.26 Å². The van der Waals surface area contributed by atoms with Gasteiger partial charge in [0.05, 0.1) is 9.35 Å². The number of nitrogens with one attached hydrogen (secondary N) is 1. The first-order valence-corrected chi connectivity index (χ1v) is 8.85. The Kier molecular flexibility index (Phi) is 4.14. The van der Waals surface area contributed by atoms with Gasteiger partial charge in [-0.15, -0.1) is 22.7 Å². The number of carbonyl (C=O) groups is 1. The lowest BCUT2D eigenvalue weighted by atomic mass is 10.4. The first-order valence-electron chi connectivity index (χ1n) is 4.88. The van der Waals surface area contributed by atoms with Crippen LogP contribution in [0.3, 0.4) is 0 Å². The van der Waals surface area contributed by atoms with Crippen LogP contribution in [0.15, 0.2) is 26.2 Å². The van der Waals surface area contributed by atoms with Gasteiger partial charge in [-0.3, -0.25) is 4.72 Å². The highest BCUT2D eigenvalue weighted by molar-refractivity contribution is 9.11. The molecule has 10 heteroatoms. The van der Waals surface area contributed by atoms with Crippen molar-refractivity contribution in [3.63, 3.8) is 0 Å². The van der Waals surface area contributed by atoms with Crippen LogP contribution >= 0.6 is 38.6 Å². The molecule has 2 N–H and O–H groups in total. The van der Waals surface area contributed by atoms with Gasteiger partial charge in [-0.1, -0.05) is 0 Å². The Hall–Kier alpha value is -1.41. The molecule has 0 saturated carbocycles. The number of carboxylic acid groups (broad SMARTS) is 1. The van der Waals surface area contributed by atoms with Gasteiger partial charge >= 0.3 is 5.97 Å². The van der Waals surface area contributed by atoms with Gasteiger partial charge in [0.2, 0.25) is 0 Å². The number of hydrogen-bond acceptors (Lipinski definition) is 6. The molecule has 0 bridgehead atoms. The van der Waals surface area contributed by atoms with Crippen LogP contribution in [0.4, 0.5) is 5.00 Å². The van der Waals surface area contributed by atoms with Crippen LogP contribution < -0.4 is 4.72 Å². The van der Waals surface area contributed by atoms with E-state index in [4.69, 9.17) is 10.4 Å². The van der Waals surface area contributed by atoms with Crippen LogP contribution in [-0.2, 0) is 10.0 Å².